The quantitative estimate of drug-likeness (QED) is 0.861. The fourth-order valence-corrected chi connectivity index (χ4v) is 2.85. The Bertz CT molecular complexity index is 467. The molecule has 1 aliphatic heterocycles. The van der Waals surface area contributed by atoms with Crippen LogP contribution < -0.4 is 10.2 Å². The van der Waals surface area contributed by atoms with E-state index in [-0.39, 0.29) is 5.28 Å². The first-order valence-electron chi connectivity index (χ1n) is 6.94. The van der Waals surface area contributed by atoms with E-state index >= 15 is 0 Å². The van der Waals surface area contributed by atoms with Crippen LogP contribution >= 0.6 is 11.6 Å². The van der Waals surface area contributed by atoms with Crippen LogP contribution in [-0.2, 0) is 10.8 Å². The summed E-state index contributed by atoms with van der Waals surface area (Å²) in [6.07, 6.45) is 3.56. The molecule has 1 aromatic rings. The van der Waals surface area contributed by atoms with E-state index in [2.05, 4.69) is 25.2 Å². The molecule has 1 unspecified atom stereocenters. The summed E-state index contributed by atoms with van der Waals surface area (Å²) >= 11 is 5.95. The van der Waals surface area contributed by atoms with Crippen molar-refractivity contribution in [2.45, 2.75) is 26.2 Å². The number of hydrogen-bond donors (Lipinski definition) is 1. The predicted octanol–water partition coefficient (Wildman–Crippen LogP) is 1.70. The number of nitrogens with one attached hydrogen (secondary N) is 1. The smallest absolute Gasteiger partial charge is 0.231 e. The van der Waals surface area contributed by atoms with Gasteiger partial charge in [0.2, 0.25) is 17.2 Å². The van der Waals surface area contributed by atoms with Gasteiger partial charge in [-0.3, -0.25) is 4.21 Å². The van der Waals surface area contributed by atoms with Crippen molar-refractivity contribution in [2.75, 3.05) is 41.4 Å². The fourth-order valence-electron chi connectivity index (χ4n) is 2.08. The highest BCUT2D eigenvalue weighted by molar-refractivity contribution is 7.84. The van der Waals surface area contributed by atoms with Gasteiger partial charge >= 0.3 is 0 Å². The third kappa shape index (κ3) is 4.56. The molecule has 0 aromatic carbocycles. The molecule has 1 N–H and O–H groups in total. The zero-order valence-corrected chi connectivity index (χ0v) is 13.2. The van der Waals surface area contributed by atoms with E-state index < -0.39 is 10.8 Å². The molecule has 112 valence electrons. The molecular formula is C12H20ClN5OS. The first-order valence-corrected chi connectivity index (χ1v) is 8.81. The van der Waals surface area contributed by atoms with Crippen LogP contribution in [0.4, 0.5) is 11.9 Å². The summed E-state index contributed by atoms with van der Waals surface area (Å²) in [6.45, 7) is 4.39. The van der Waals surface area contributed by atoms with E-state index in [1.54, 1.807) is 0 Å². The van der Waals surface area contributed by atoms with E-state index in [0.717, 1.165) is 25.9 Å². The molecule has 0 spiro atoms. The summed E-state index contributed by atoms with van der Waals surface area (Å²) in [7, 11) is -0.793. The highest BCUT2D eigenvalue weighted by atomic mass is 35.5. The minimum atomic E-state index is -0.793. The van der Waals surface area contributed by atoms with E-state index in [9.17, 15) is 4.21 Å². The molecule has 0 aliphatic carbocycles. The van der Waals surface area contributed by atoms with Crippen molar-refractivity contribution in [1.29, 1.82) is 0 Å². The topological polar surface area (TPSA) is 71.0 Å². The van der Waals surface area contributed by atoms with Crippen molar-refractivity contribution in [1.82, 2.24) is 15.0 Å². The van der Waals surface area contributed by atoms with Gasteiger partial charge in [0, 0.05) is 41.9 Å². The second-order valence-corrected chi connectivity index (χ2v) is 6.84. The van der Waals surface area contributed by atoms with Gasteiger partial charge in [-0.1, -0.05) is 6.92 Å². The molecule has 0 amide bonds. The summed E-state index contributed by atoms with van der Waals surface area (Å²) in [4.78, 5) is 14.8. The van der Waals surface area contributed by atoms with Gasteiger partial charge in [0.25, 0.3) is 0 Å². The predicted molar refractivity (Wildman–Crippen MR) is 82.9 cm³/mol. The Kier molecular flexibility index (Phi) is 5.97. The third-order valence-corrected chi connectivity index (χ3v) is 4.64. The molecule has 8 heteroatoms. The van der Waals surface area contributed by atoms with Crippen LogP contribution in [0.2, 0.25) is 5.28 Å². The molecular weight excluding hydrogens is 298 g/mol. The van der Waals surface area contributed by atoms with Gasteiger partial charge < -0.3 is 10.2 Å². The number of aromatic nitrogens is 3. The van der Waals surface area contributed by atoms with Crippen molar-refractivity contribution in [2.24, 2.45) is 0 Å². The summed E-state index contributed by atoms with van der Waals surface area (Å²) in [5, 5.41) is 3.26. The van der Waals surface area contributed by atoms with Crippen molar-refractivity contribution in [3.8, 4) is 0 Å². The number of piperidine rings is 1. The van der Waals surface area contributed by atoms with Gasteiger partial charge in [-0.2, -0.15) is 15.0 Å². The lowest BCUT2D eigenvalue weighted by molar-refractivity contribution is 0.567. The normalized spacial score (nSPS) is 17.0. The van der Waals surface area contributed by atoms with Gasteiger partial charge in [-0.05, 0) is 30.9 Å². The molecule has 1 aromatic heterocycles. The zero-order valence-electron chi connectivity index (χ0n) is 11.6. The molecule has 0 bridgehead atoms. The Morgan fingerprint density at radius 1 is 1.25 bits per heavy atom. The fraction of sp³-hybridized carbons (Fsp3) is 0.750. The largest absolute Gasteiger partial charge is 0.353 e. The van der Waals surface area contributed by atoms with Gasteiger partial charge in [-0.25, -0.2) is 0 Å². The summed E-state index contributed by atoms with van der Waals surface area (Å²) < 4.78 is 11.4. The summed E-state index contributed by atoms with van der Waals surface area (Å²) in [6, 6.07) is 0. The van der Waals surface area contributed by atoms with Crippen LogP contribution in [0.25, 0.3) is 0 Å². The lowest BCUT2D eigenvalue weighted by atomic mass is 10.1. The second-order valence-electron chi connectivity index (χ2n) is 4.64. The Morgan fingerprint density at radius 2 is 2.00 bits per heavy atom. The first kappa shape index (κ1) is 15.4. The van der Waals surface area contributed by atoms with Crippen LogP contribution in [0.5, 0.6) is 0 Å². The van der Waals surface area contributed by atoms with Gasteiger partial charge in [0.1, 0.15) is 0 Å². The number of hydrogen-bond acceptors (Lipinski definition) is 6. The average molecular weight is 318 g/mol. The van der Waals surface area contributed by atoms with Crippen LogP contribution in [0.3, 0.4) is 0 Å². The maximum Gasteiger partial charge on any atom is 0.231 e. The van der Waals surface area contributed by atoms with E-state index in [4.69, 9.17) is 11.6 Å². The molecule has 0 saturated carbocycles. The second kappa shape index (κ2) is 7.73. The molecule has 1 fully saturated rings. The molecule has 2 rings (SSSR count). The Hall–Kier alpha value is -0.950. The number of halogens is 1. The van der Waals surface area contributed by atoms with Crippen LogP contribution in [0, 0.1) is 0 Å². The van der Waals surface area contributed by atoms with Crippen molar-refractivity contribution in [3.63, 3.8) is 0 Å². The molecule has 1 aliphatic rings. The molecule has 1 atom stereocenters. The van der Waals surface area contributed by atoms with E-state index in [1.807, 2.05) is 6.92 Å². The van der Waals surface area contributed by atoms with E-state index in [0.29, 0.717) is 29.9 Å². The Morgan fingerprint density at radius 3 is 2.70 bits per heavy atom. The Balaban J connectivity index is 1.98. The Labute approximate surface area is 126 Å². The molecule has 6 nitrogen and oxygen atoms in total. The highest BCUT2D eigenvalue weighted by Gasteiger charge is 2.15. The summed E-state index contributed by atoms with van der Waals surface area (Å²) in [5.41, 5.74) is 0. The molecule has 0 radical (unpaired) electrons. The maximum atomic E-state index is 11.4. The number of rotatable bonds is 6. The summed E-state index contributed by atoms with van der Waals surface area (Å²) in [5.74, 6) is 2.33. The monoisotopic (exact) mass is 317 g/mol. The lowest BCUT2D eigenvalue weighted by Gasteiger charge is -2.26. The third-order valence-electron chi connectivity index (χ3n) is 3.17. The lowest BCUT2D eigenvalue weighted by Crippen LogP contribution is -2.31. The van der Waals surface area contributed by atoms with Crippen LogP contribution in [-0.4, -0.2) is 50.3 Å². The van der Waals surface area contributed by atoms with Crippen molar-refractivity contribution in [3.05, 3.63) is 5.28 Å². The number of nitrogens with zero attached hydrogens (tertiary/aromatic N) is 4. The molecule has 20 heavy (non-hydrogen) atoms. The maximum absolute atomic E-state index is 11.4. The zero-order chi connectivity index (χ0) is 14.4. The first-order chi connectivity index (χ1) is 9.69. The van der Waals surface area contributed by atoms with Crippen molar-refractivity contribution >= 4 is 34.3 Å². The van der Waals surface area contributed by atoms with Crippen LogP contribution in [0.1, 0.15) is 26.2 Å². The molecule has 1 saturated heterocycles. The van der Waals surface area contributed by atoms with Gasteiger partial charge in [0.05, 0.1) is 0 Å². The highest BCUT2D eigenvalue weighted by Crippen LogP contribution is 2.18. The minimum Gasteiger partial charge on any atom is -0.353 e. The van der Waals surface area contributed by atoms with Crippen molar-refractivity contribution < 1.29 is 4.21 Å². The van der Waals surface area contributed by atoms with E-state index in [1.165, 1.54) is 6.42 Å². The minimum absolute atomic E-state index is 0.194. The van der Waals surface area contributed by atoms with Gasteiger partial charge in [0.15, 0.2) is 0 Å². The average Bonchev–Trinajstić information content (AvgIpc) is 2.47. The number of anilines is 2. The standard InChI is InChI=1S/C12H20ClN5OS/c1-2-20(19)9-6-14-11-15-10(13)16-12(17-11)18-7-4-3-5-8-18/h2-9H2,1H3,(H,14,15,16,17). The molecule has 2 heterocycles. The van der Waals surface area contributed by atoms with Gasteiger partial charge in [-0.15, -0.1) is 0 Å². The van der Waals surface area contributed by atoms with Crippen LogP contribution in [0.15, 0.2) is 0 Å². The SMILES string of the molecule is CCS(=O)CCNc1nc(Cl)nc(N2CCCCC2)n1.